The van der Waals surface area contributed by atoms with Crippen LogP contribution in [0.3, 0.4) is 0 Å². The minimum Gasteiger partial charge on any atom is -0.434 e. The van der Waals surface area contributed by atoms with Crippen LogP contribution in [0, 0.1) is 5.82 Å². The molecular formula is C9H6FNO2. The van der Waals surface area contributed by atoms with Crippen molar-refractivity contribution in [1.82, 2.24) is 4.98 Å². The first-order valence-corrected chi connectivity index (χ1v) is 3.74. The van der Waals surface area contributed by atoms with Crippen molar-refractivity contribution >= 4 is 16.9 Å². The molecule has 0 saturated heterocycles. The summed E-state index contributed by atoms with van der Waals surface area (Å²) in [5, 5.41) is 0. The summed E-state index contributed by atoms with van der Waals surface area (Å²) < 4.78 is 17.7. The van der Waals surface area contributed by atoms with Crippen molar-refractivity contribution in [2.75, 3.05) is 0 Å². The molecular weight excluding hydrogens is 173 g/mol. The van der Waals surface area contributed by atoms with Crippen molar-refractivity contribution in [3.63, 3.8) is 0 Å². The van der Waals surface area contributed by atoms with Crippen LogP contribution in [0.4, 0.5) is 4.39 Å². The molecule has 1 aromatic carbocycles. The molecule has 3 nitrogen and oxygen atoms in total. The number of rotatable bonds is 1. The van der Waals surface area contributed by atoms with Gasteiger partial charge in [0.15, 0.2) is 5.58 Å². The Balaban J connectivity index is 2.68. The average Bonchev–Trinajstić information content (AvgIpc) is 2.46. The Morgan fingerprint density at radius 2 is 2.31 bits per heavy atom. The van der Waals surface area contributed by atoms with Gasteiger partial charge >= 0.3 is 0 Å². The smallest absolute Gasteiger partial charge is 0.263 e. The van der Waals surface area contributed by atoms with Gasteiger partial charge in [0.2, 0.25) is 5.78 Å². The highest BCUT2D eigenvalue weighted by atomic mass is 19.1. The number of carbonyl (C=O) groups is 1. The number of fused-ring (bicyclic) bond motifs is 1. The molecule has 0 bridgehead atoms. The van der Waals surface area contributed by atoms with Crippen LogP contribution in [0.2, 0.25) is 0 Å². The Bertz CT molecular complexity index is 475. The molecule has 0 unspecified atom stereocenters. The van der Waals surface area contributed by atoms with Gasteiger partial charge in [-0.2, -0.15) is 0 Å². The third-order valence-electron chi connectivity index (χ3n) is 1.65. The second-order valence-electron chi connectivity index (χ2n) is 2.69. The van der Waals surface area contributed by atoms with Crippen LogP contribution >= 0.6 is 0 Å². The lowest BCUT2D eigenvalue weighted by Crippen LogP contribution is -1.89. The molecule has 0 saturated carbocycles. The first kappa shape index (κ1) is 7.91. The minimum atomic E-state index is -0.404. The summed E-state index contributed by atoms with van der Waals surface area (Å²) in [6, 6.07) is 3.95. The number of hydrogen-bond donors (Lipinski definition) is 0. The van der Waals surface area contributed by atoms with Gasteiger partial charge in [-0.3, -0.25) is 4.79 Å². The molecule has 0 atom stereocenters. The SMILES string of the molecule is CC(=O)c1nc2ccc(F)cc2o1. The third-order valence-corrected chi connectivity index (χ3v) is 1.65. The van der Waals surface area contributed by atoms with Crippen LogP contribution in [-0.2, 0) is 0 Å². The molecule has 0 amide bonds. The number of ketones is 1. The Hall–Kier alpha value is -1.71. The minimum absolute atomic E-state index is 0.0144. The molecule has 66 valence electrons. The Morgan fingerprint density at radius 3 is 3.00 bits per heavy atom. The Labute approximate surface area is 73.2 Å². The monoisotopic (exact) mass is 179 g/mol. The fraction of sp³-hybridized carbons (Fsp3) is 0.111. The van der Waals surface area contributed by atoms with E-state index in [0.717, 1.165) is 0 Å². The van der Waals surface area contributed by atoms with E-state index in [0.29, 0.717) is 11.1 Å². The molecule has 0 fully saturated rings. The van der Waals surface area contributed by atoms with Gasteiger partial charge in [0.1, 0.15) is 11.3 Å². The summed E-state index contributed by atoms with van der Waals surface area (Å²) in [4.78, 5) is 14.7. The standard InChI is InChI=1S/C9H6FNO2/c1-5(12)9-11-7-3-2-6(10)4-8(7)13-9/h2-4H,1H3. The van der Waals surface area contributed by atoms with Crippen molar-refractivity contribution in [1.29, 1.82) is 0 Å². The largest absolute Gasteiger partial charge is 0.434 e. The van der Waals surface area contributed by atoms with Crippen LogP contribution < -0.4 is 0 Å². The lowest BCUT2D eigenvalue weighted by Gasteiger charge is -1.84. The maximum atomic E-state index is 12.7. The van der Waals surface area contributed by atoms with E-state index in [4.69, 9.17) is 4.42 Å². The van der Waals surface area contributed by atoms with Crippen LogP contribution in [0.15, 0.2) is 22.6 Å². The van der Waals surface area contributed by atoms with Crippen molar-refractivity contribution in [3.05, 3.63) is 29.9 Å². The lowest BCUT2D eigenvalue weighted by atomic mass is 10.3. The van der Waals surface area contributed by atoms with E-state index in [-0.39, 0.29) is 11.7 Å². The fourth-order valence-corrected chi connectivity index (χ4v) is 1.05. The number of hydrogen-bond acceptors (Lipinski definition) is 3. The predicted octanol–water partition coefficient (Wildman–Crippen LogP) is 2.17. The zero-order valence-corrected chi connectivity index (χ0v) is 6.87. The van der Waals surface area contributed by atoms with Gasteiger partial charge in [-0.25, -0.2) is 9.37 Å². The zero-order valence-electron chi connectivity index (χ0n) is 6.87. The molecule has 0 N–H and O–H groups in total. The normalized spacial score (nSPS) is 10.6. The van der Waals surface area contributed by atoms with Gasteiger partial charge < -0.3 is 4.42 Å². The van der Waals surface area contributed by atoms with Gasteiger partial charge in [-0.1, -0.05) is 0 Å². The highest BCUT2D eigenvalue weighted by Crippen LogP contribution is 2.16. The first-order valence-electron chi connectivity index (χ1n) is 3.74. The molecule has 0 aliphatic heterocycles. The van der Waals surface area contributed by atoms with Crippen molar-refractivity contribution in [2.24, 2.45) is 0 Å². The Kier molecular flexibility index (Phi) is 1.62. The summed E-state index contributed by atoms with van der Waals surface area (Å²) in [6.45, 7) is 1.35. The molecule has 0 spiro atoms. The second-order valence-corrected chi connectivity index (χ2v) is 2.69. The van der Waals surface area contributed by atoms with Crippen LogP contribution in [0.5, 0.6) is 0 Å². The average molecular weight is 179 g/mol. The van der Waals surface area contributed by atoms with E-state index in [1.165, 1.54) is 25.1 Å². The van der Waals surface area contributed by atoms with E-state index in [9.17, 15) is 9.18 Å². The quantitative estimate of drug-likeness (QED) is 0.630. The summed E-state index contributed by atoms with van der Waals surface area (Å²) in [5.74, 6) is -0.657. The van der Waals surface area contributed by atoms with Crippen LogP contribution in [-0.4, -0.2) is 10.8 Å². The summed E-state index contributed by atoms with van der Waals surface area (Å²) in [7, 11) is 0. The van der Waals surface area contributed by atoms with Gasteiger partial charge in [0.05, 0.1) is 0 Å². The summed E-state index contributed by atoms with van der Waals surface area (Å²) in [5.41, 5.74) is 0.789. The molecule has 0 aliphatic carbocycles. The number of nitrogens with zero attached hydrogens (tertiary/aromatic N) is 1. The van der Waals surface area contributed by atoms with E-state index in [2.05, 4.69) is 4.98 Å². The van der Waals surface area contributed by atoms with E-state index in [1.807, 2.05) is 0 Å². The molecule has 1 heterocycles. The highest BCUT2D eigenvalue weighted by Gasteiger charge is 2.09. The van der Waals surface area contributed by atoms with Gasteiger partial charge in [0.25, 0.3) is 5.89 Å². The number of oxazole rings is 1. The topological polar surface area (TPSA) is 43.1 Å². The molecule has 0 radical (unpaired) electrons. The van der Waals surface area contributed by atoms with Crippen molar-refractivity contribution < 1.29 is 13.6 Å². The van der Waals surface area contributed by atoms with Crippen LogP contribution in [0.1, 0.15) is 17.6 Å². The predicted molar refractivity (Wildman–Crippen MR) is 44.0 cm³/mol. The molecule has 2 aromatic rings. The Morgan fingerprint density at radius 1 is 1.54 bits per heavy atom. The van der Waals surface area contributed by atoms with Gasteiger partial charge in [-0.15, -0.1) is 0 Å². The van der Waals surface area contributed by atoms with Gasteiger partial charge in [-0.05, 0) is 12.1 Å². The number of carbonyl (C=O) groups excluding carboxylic acids is 1. The van der Waals surface area contributed by atoms with Gasteiger partial charge in [0, 0.05) is 13.0 Å². The lowest BCUT2D eigenvalue weighted by molar-refractivity contribution is 0.0983. The van der Waals surface area contributed by atoms with Crippen molar-refractivity contribution in [3.8, 4) is 0 Å². The molecule has 4 heteroatoms. The third kappa shape index (κ3) is 1.30. The maximum Gasteiger partial charge on any atom is 0.263 e. The van der Waals surface area contributed by atoms with Crippen molar-refractivity contribution in [2.45, 2.75) is 6.92 Å². The van der Waals surface area contributed by atoms with E-state index < -0.39 is 5.82 Å². The molecule has 1 aromatic heterocycles. The maximum absolute atomic E-state index is 12.7. The summed E-state index contributed by atoms with van der Waals surface area (Å²) >= 11 is 0. The zero-order chi connectivity index (χ0) is 9.42. The second kappa shape index (κ2) is 2.65. The summed E-state index contributed by atoms with van der Waals surface area (Å²) in [6.07, 6.45) is 0. The number of halogens is 1. The number of aromatic nitrogens is 1. The van der Waals surface area contributed by atoms with Crippen LogP contribution in [0.25, 0.3) is 11.1 Å². The molecule has 13 heavy (non-hydrogen) atoms. The molecule has 2 rings (SSSR count). The number of Topliss-reactive ketones (excluding diaryl/α,β-unsaturated/α-hetero) is 1. The van der Waals surface area contributed by atoms with E-state index >= 15 is 0 Å². The van der Waals surface area contributed by atoms with E-state index in [1.54, 1.807) is 0 Å². The number of benzene rings is 1. The molecule has 0 aliphatic rings. The fourth-order valence-electron chi connectivity index (χ4n) is 1.05. The first-order chi connectivity index (χ1) is 6.16. The highest BCUT2D eigenvalue weighted by molar-refractivity contribution is 5.92.